The summed E-state index contributed by atoms with van der Waals surface area (Å²) in [5.74, 6) is 0. The highest BCUT2D eigenvalue weighted by atomic mass is 35.5. The lowest BCUT2D eigenvalue weighted by Crippen LogP contribution is -1.89. The maximum atomic E-state index is 6.02. The molecule has 0 radical (unpaired) electrons. The van der Waals surface area contributed by atoms with E-state index in [0.29, 0.717) is 10.0 Å². The fourth-order valence-corrected chi connectivity index (χ4v) is 1.69. The highest BCUT2D eigenvalue weighted by Gasteiger charge is 2.01. The zero-order valence-corrected chi connectivity index (χ0v) is 8.26. The molecule has 1 aromatic carbocycles. The van der Waals surface area contributed by atoms with Gasteiger partial charge < -0.3 is 4.57 Å². The number of hydrogen-bond donors (Lipinski definition) is 0. The number of rotatable bonds is 1. The fourth-order valence-electron chi connectivity index (χ4n) is 1.19. The monoisotopic (exact) mass is 211 g/mol. The molecule has 0 aliphatic carbocycles. The predicted octanol–water partition coefficient (Wildman–Crippen LogP) is 3.78. The lowest BCUT2D eigenvalue weighted by atomic mass is 10.3. The second kappa shape index (κ2) is 3.44. The van der Waals surface area contributed by atoms with E-state index in [-0.39, 0.29) is 0 Å². The van der Waals surface area contributed by atoms with Gasteiger partial charge in [0.05, 0.1) is 10.7 Å². The van der Waals surface area contributed by atoms with Crippen LogP contribution in [-0.2, 0) is 0 Å². The molecular formula is C10H7Cl2N. The second-order valence-corrected chi connectivity index (χ2v) is 3.53. The summed E-state index contributed by atoms with van der Waals surface area (Å²) in [4.78, 5) is 0. The molecule has 0 spiro atoms. The molecule has 0 aliphatic rings. The summed E-state index contributed by atoms with van der Waals surface area (Å²) in [6, 6.07) is 9.35. The van der Waals surface area contributed by atoms with Gasteiger partial charge in [-0.1, -0.05) is 23.2 Å². The Kier molecular flexibility index (Phi) is 2.30. The Labute approximate surface area is 86.5 Å². The molecule has 1 nitrogen and oxygen atoms in total. The van der Waals surface area contributed by atoms with Crippen LogP contribution >= 0.6 is 23.2 Å². The lowest BCUT2D eigenvalue weighted by Gasteiger charge is -2.05. The highest BCUT2D eigenvalue weighted by Crippen LogP contribution is 2.24. The van der Waals surface area contributed by atoms with Gasteiger partial charge in [-0.15, -0.1) is 0 Å². The number of nitrogens with zero attached hydrogens (tertiary/aromatic N) is 1. The third-order valence-corrected chi connectivity index (χ3v) is 2.33. The van der Waals surface area contributed by atoms with E-state index in [0.717, 1.165) is 5.69 Å². The Bertz CT molecular complexity index is 407. The van der Waals surface area contributed by atoms with Crippen LogP contribution in [0.2, 0.25) is 10.0 Å². The average molecular weight is 212 g/mol. The van der Waals surface area contributed by atoms with Crippen LogP contribution in [0.5, 0.6) is 0 Å². The molecule has 3 heteroatoms. The quantitative estimate of drug-likeness (QED) is 0.677. The van der Waals surface area contributed by atoms with E-state index in [4.69, 9.17) is 23.2 Å². The molecule has 0 atom stereocenters. The first-order chi connectivity index (χ1) is 6.27. The van der Waals surface area contributed by atoms with Gasteiger partial charge in [-0.05, 0) is 30.3 Å². The summed E-state index contributed by atoms with van der Waals surface area (Å²) >= 11 is 11.8. The lowest BCUT2D eigenvalue weighted by molar-refractivity contribution is 1.08. The molecular weight excluding hydrogens is 205 g/mol. The Balaban J connectivity index is 2.53. The van der Waals surface area contributed by atoms with Gasteiger partial charge in [-0.2, -0.15) is 0 Å². The molecule has 13 heavy (non-hydrogen) atoms. The van der Waals surface area contributed by atoms with Crippen LogP contribution in [0.15, 0.2) is 42.7 Å². The number of benzene rings is 1. The number of hydrogen-bond acceptors (Lipinski definition) is 0. The minimum absolute atomic E-state index is 0.654. The predicted molar refractivity (Wildman–Crippen MR) is 55.8 cm³/mol. The first kappa shape index (κ1) is 8.67. The van der Waals surface area contributed by atoms with Gasteiger partial charge in [0, 0.05) is 17.4 Å². The molecule has 2 rings (SSSR count). The molecule has 0 fully saturated rings. The normalized spacial score (nSPS) is 10.3. The largest absolute Gasteiger partial charge is 0.322 e. The molecule has 2 aromatic rings. The highest BCUT2D eigenvalue weighted by molar-refractivity contribution is 6.35. The van der Waals surface area contributed by atoms with Gasteiger partial charge >= 0.3 is 0 Å². The zero-order valence-electron chi connectivity index (χ0n) is 6.74. The van der Waals surface area contributed by atoms with Crippen molar-refractivity contribution in [2.45, 2.75) is 0 Å². The molecule has 0 saturated heterocycles. The van der Waals surface area contributed by atoms with Gasteiger partial charge in [0.2, 0.25) is 0 Å². The van der Waals surface area contributed by atoms with Gasteiger partial charge in [0.25, 0.3) is 0 Å². The van der Waals surface area contributed by atoms with E-state index >= 15 is 0 Å². The van der Waals surface area contributed by atoms with Gasteiger partial charge in [0.1, 0.15) is 0 Å². The van der Waals surface area contributed by atoms with E-state index in [2.05, 4.69) is 0 Å². The standard InChI is InChI=1S/C10H7Cl2N/c11-8-3-4-10(9(12)7-8)13-5-1-2-6-13/h1-7H. The van der Waals surface area contributed by atoms with Crippen LogP contribution in [0.3, 0.4) is 0 Å². The molecule has 1 aromatic heterocycles. The first-order valence-electron chi connectivity index (χ1n) is 3.86. The smallest absolute Gasteiger partial charge is 0.0661 e. The molecule has 0 N–H and O–H groups in total. The summed E-state index contributed by atoms with van der Waals surface area (Å²) in [5, 5.41) is 1.31. The van der Waals surface area contributed by atoms with Crippen molar-refractivity contribution in [2.24, 2.45) is 0 Å². The van der Waals surface area contributed by atoms with Crippen molar-refractivity contribution in [3.63, 3.8) is 0 Å². The van der Waals surface area contributed by atoms with Crippen molar-refractivity contribution in [1.82, 2.24) is 4.57 Å². The van der Waals surface area contributed by atoms with E-state index < -0.39 is 0 Å². The topological polar surface area (TPSA) is 4.93 Å². The van der Waals surface area contributed by atoms with Crippen LogP contribution in [0.4, 0.5) is 0 Å². The molecule has 1 heterocycles. The van der Waals surface area contributed by atoms with Crippen LogP contribution in [-0.4, -0.2) is 4.57 Å². The number of aromatic nitrogens is 1. The summed E-state index contributed by atoms with van der Waals surface area (Å²) in [6.07, 6.45) is 3.88. The van der Waals surface area contributed by atoms with E-state index in [1.807, 2.05) is 41.2 Å². The Morgan fingerprint density at radius 3 is 2.31 bits per heavy atom. The fraction of sp³-hybridized carbons (Fsp3) is 0. The van der Waals surface area contributed by atoms with Crippen LogP contribution in [0, 0.1) is 0 Å². The van der Waals surface area contributed by atoms with Crippen LogP contribution in [0.25, 0.3) is 5.69 Å². The van der Waals surface area contributed by atoms with E-state index in [1.165, 1.54) is 0 Å². The maximum Gasteiger partial charge on any atom is 0.0661 e. The number of halogens is 2. The van der Waals surface area contributed by atoms with Gasteiger partial charge in [-0.3, -0.25) is 0 Å². The SMILES string of the molecule is Clc1ccc(-n2cccc2)c(Cl)c1. The minimum Gasteiger partial charge on any atom is -0.322 e. The van der Waals surface area contributed by atoms with Crippen LogP contribution in [0.1, 0.15) is 0 Å². The van der Waals surface area contributed by atoms with E-state index in [1.54, 1.807) is 6.07 Å². The third-order valence-electron chi connectivity index (χ3n) is 1.79. The molecule has 0 saturated carbocycles. The molecule has 66 valence electrons. The summed E-state index contributed by atoms with van der Waals surface area (Å²) in [7, 11) is 0. The zero-order chi connectivity index (χ0) is 9.26. The van der Waals surface area contributed by atoms with Crippen LogP contribution < -0.4 is 0 Å². The van der Waals surface area contributed by atoms with Crippen molar-refractivity contribution in [2.75, 3.05) is 0 Å². The van der Waals surface area contributed by atoms with Crippen molar-refractivity contribution in [3.8, 4) is 5.69 Å². The Morgan fingerprint density at radius 2 is 1.69 bits per heavy atom. The summed E-state index contributed by atoms with van der Waals surface area (Å²) in [5.41, 5.74) is 0.941. The third kappa shape index (κ3) is 1.71. The Hall–Kier alpha value is -0.920. The van der Waals surface area contributed by atoms with Crippen molar-refractivity contribution in [3.05, 3.63) is 52.8 Å². The van der Waals surface area contributed by atoms with Gasteiger partial charge in [-0.25, -0.2) is 0 Å². The summed E-state index contributed by atoms with van der Waals surface area (Å²) < 4.78 is 1.94. The molecule has 0 aliphatic heterocycles. The molecule has 0 unspecified atom stereocenters. The van der Waals surface area contributed by atoms with Crippen molar-refractivity contribution >= 4 is 23.2 Å². The molecule has 0 bridgehead atoms. The minimum atomic E-state index is 0.654. The maximum absolute atomic E-state index is 6.02. The molecule has 0 amide bonds. The van der Waals surface area contributed by atoms with E-state index in [9.17, 15) is 0 Å². The second-order valence-electron chi connectivity index (χ2n) is 2.69. The average Bonchev–Trinajstić information content (AvgIpc) is 2.56. The Morgan fingerprint density at radius 1 is 1.00 bits per heavy atom. The van der Waals surface area contributed by atoms with Crippen molar-refractivity contribution in [1.29, 1.82) is 0 Å². The summed E-state index contributed by atoms with van der Waals surface area (Å²) in [6.45, 7) is 0. The van der Waals surface area contributed by atoms with Gasteiger partial charge in [0.15, 0.2) is 0 Å². The first-order valence-corrected chi connectivity index (χ1v) is 4.61. The van der Waals surface area contributed by atoms with Crippen molar-refractivity contribution < 1.29 is 0 Å².